The summed E-state index contributed by atoms with van der Waals surface area (Å²) in [5.74, 6) is -1.97. The van der Waals surface area contributed by atoms with Crippen LogP contribution in [-0.2, 0) is 4.79 Å². The van der Waals surface area contributed by atoms with Crippen molar-refractivity contribution in [2.45, 2.75) is 25.9 Å². The number of benzene rings is 3. The van der Waals surface area contributed by atoms with Crippen LogP contribution in [0, 0.1) is 22.9 Å². The number of nitrogens with zero attached hydrogens (tertiary/aromatic N) is 3. The number of amides is 3. The van der Waals surface area contributed by atoms with Gasteiger partial charge in [0.15, 0.2) is 0 Å². The molecule has 36 heavy (non-hydrogen) atoms. The van der Waals surface area contributed by atoms with Crippen LogP contribution in [0.4, 0.5) is 15.8 Å². The van der Waals surface area contributed by atoms with E-state index < -0.39 is 40.5 Å². The quantitative estimate of drug-likeness (QED) is 0.222. The highest BCUT2D eigenvalue weighted by Crippen LogP contribution is 2.45. The molecule has 5 rings (SSSR count). The Morgan fingerprint density at radius 3 is 2.25 bits per heavy atom. The Morgan fingerprint density at radius 2 is 1.61 bits per heavy atom. The van der Waals surface area contributed by atoms with E-state index in [9.17, 15) is 28.9 Å². The number of aryl methyl sites for hydroxylation is 1. The SMILES string of the molecule is CCOc1ccc(C2C(N3C(=O)c4ccc([N+](=O)[O-])cc4C3=O)C(=O)N2c2ccc(C)c(F)c2)cc1. The third-order valence-corrected chi connectivity index (χ3v) is 6.42. The number of fused-ring (bicyclic) bond motifs is 1. The van der Waals surface area contributed by atoms with Gasteiger partial charge in [0, 0.05) is 17.8 Å². The van der Waals surface area contributed by atoms with E-state index in [1.54, 1.807) is 43.3 Å². The first-order valence-electron chi connectivity index (χ1n) is 11.2. The standard InChI is InChI=1S/C26H20FN3O6/c1-3-36-18-9-5-15(6-10-18)22-23(26(33)28(22)16-7-4-14(2)21(27)13-16)29-24(31)19-11-8-17(30(34)35)12-20(19)25(29)32/h4-13,22-23H,3H2,1-2H3. The minimum atomic E-state index is -1.21. The lowest BCUT2D eigenvalue weighted by atomic mass is 9.86. The fourth-order valence-electron chi connectivity index (χ4n) is 4.62. The van der Waals surface area contributed by atoms with E-state index in [2.05, 4.69) is 0 Å². The number of anilines is 1. The molecule has 3 aromatic rings. The van der Waals surface area contributed by atoms with Crippen molar-refractivity contribution in [1.82, 2.24) is 4.90 Å². The second-order valence-corrected chi connectivity index (χ2v) is 8.50. The normalized spacial score (nSPS) is 18.8. The number of halogens is 1. The van der Waals surface area contributed by atoms with Crippen LogP contribution in [0.2, 0.25) is 0 Å². The highest BCUT2D eigenvalue weighted by Gasteiger charge is 2.57. The number of non-ortho nitro benzene ring substituents is 1. The van der Waals surface area contributed by atoms with Crippen molar-refractivity contribution in [3.63, 3.8) is 0 Å². The summed E-state index contributed by atoms with van der Waals surface area (Å²) in [5.41, 5.74) is 0.812. The van der Waals surface area contributed by atoms with E-state index in [-0.39, 0.29) is 22.5 Å². The second kappa shape index (κ2) is 8.56. The molecule has 0 saturated carbocycles. The average Bonchev–Trinajstić information content (AvgIpc) is 3.10. The predicted molar refractivity (Wildman–Crippen MR) is 126 cm³/mol. The summed E-state index contributed by atoms with van der Waals surface area (Å²) in [6.45, 7) is 3.90. The number of nitro groups is 1. The van der Waals surface area contributed by atoms with E-state index >= 15 is 0 Å². The van der Waals surface area contributed by atoms with Gasteiger partial charge in [-0.05, 0) is 55.3 Å². The number of hydrogen-bond acceptors (Lipinski definition) is 6. The van der Waals surface area contributed by atoms with Crippen LogP contribution >= 0.6 is 0 Å². The summed E-state index contributed by atoms with van der Waals surface area (Å²) < 4.78 is 19.9. The minimum absolute atomic E-state index is 0.0105. The third kappa shape index (κ3) is 3.49. The lowest BCUT2D eigenvalue weighted by Crippen LogP contribution is -2.67. The van der Waals surface area contributed by atoms with E-state index in [0.29, 0.717) is 23.5 Å². The molecule has 2 heterocycles. The van der Waals surface area contributed by atoms with Gasteiger partial charge >= 0.3 is 0 Å². The van der Waals surface area contributed by atoms with E-state index in [1.165, 1.54) is 17.0 Å². The highest BCUT2D eigenvalue weighted by atomic mass is 19.1. The Hall–Kier alpha value is -4.60. The Balaban J connectivity index is 1.57. The van der Waals surface area contributed by atoms with Crippen LogP contribution < -0.4 is 9.64 Å². The van der Waals surface area contributed by atoms with Gasteiger partial charge in [-0.25, -0.2) is 4.39 Å². The minimum Gasteiger partial charge on any atom is -0.494 e. The van der Waals surface area contributed by atoms with Crippen molar-refractivity contribution in [3.05, 3.63) is 98.8 Å². The first-order valence-corrected chi connectivity index (χ1v) is 11.2. The van der Waals surface area contributed by atoms with Crippen LogP contribution in [0.15, 0.2) is 60.7 Å². The number of β-lactam (4-membered cyclic amide) rings is 1. The molecule has 3 aromatic carbocycles. The van der Waals surface area contributed by atoms with E-state index in [4.69, 9.17) is 4.74 Å². The molecule has 1 saturated heterocycles. The third-order valence-electron chi connectivity index (χ3n) is 6.42. The molecular weight excluding hydrogens is 469 g/mol. The van der Waals surface area contributed by atoms with Gasteiger partial charge in [-0.1, -0.05) is 18.2 Å². The smallest absolute Gasteiger partial charge is 0.270 e. The van der Waals surface area contributed by atoms with Crippen LogP contribution in [-0.4, -0.2) is 40.2 Å². The molecule has 3 amide bonds. The molecular formula is C26H20FN3O6. The monoisotopic (exact) mass is 489 g/mol. The zero-order chi connectivity index (χ0) is 25.7. The Morgan fingerprint density at radius 1 is 0.917 bits per heavy atom. The highest BCUT2D eigenvalue weighted by molar-refractivity contribution is 6.25. The number of rotatable bonds is 6. The van der Waals surface area contributed by atoms with Gasteiger partial charge in [0.05, 0.1) is 28.7 Å². The summed E-state index contributed by atoms with van der Waals surface area (Å²) in [6, 6.07) is 12.6. The largest absolute Gasteiger partial charge is 0.494 e. The maximum absolute atomic E-state index is 14.4. The van der Waals surface area contributed by atoms with Crippen molar-refractivity contribution in [1.29, 1.82) is 0 Å². The first-order chi connectivity index (χ1) is 17.2. The maximum Gasteiger partial charge on any atom is 0.270 e. The first kappa shape index (κ1) is 23.2. The number of carbonyl (C=O) groups is 3. The average molecular weight is 489 g/mol. The van der Waals surface area contributed by atoms with Gasteiger partial charge in [0.1, 0.15) is 17.6 Å². The van der Waals surface area contributed by atoms with Gasteiger partial charge in [-0.15, -0.1) is 0 Å². The van der Waals surface area contributed by atoms with Crippen molar-refractivity contribution in [2.75, 3.05) is 11.5 Å². The van der Waals surface area contributed by atoms with Crippen LogP contribution in [0.3, 0.4) is 0 Å². The molecule has 10 heteroatoms. The fraction of sp³-hybridized carbons (Fsp3) is 0.192. The van der Waals surface area contributed by atoms with Crippen molar-refractivity contribution in [2.24, 2.45) is 0 Å². The number of nitro benzene ring substituents is 1. The van der Waals surface area contributed by atoms with E-state index in [0.717, 1.165) is 17.0 Å². The summed E-state index contributed by atoms with van der Waals surface area (Å²) in [6.07, 6.45) is 0. The van der Waals surface area contributed by atoms with E-state index in [1.807, 2.05) is 6.92 Å². The Kier molecular flexibility index (Phi) is 5.51. The molecule has 1 fully saturated rings. The second-order valence-electron chi connectivity index (χ2n) is 8.50. The van der Waals surface area contributed by atoms with Gasteiger partial charge in [0.25, 0.3) is 23.4 Å². The molecule has 0 radical (unpaired) electrons. The molecule has 2 unspecified atom stereocenters. The van der Waals surface area contributed by atoms with Gasteiger partial charge in [-0.2, -0.15) is 0 Å². The zero-order valence-electron chi connectivity index (χ0n) is 19.3. The van der Waals surface area contributed by atoms with Crippen molar-refractivity contribution in [3.8, 4) is 5.75 Å². The fourth-order valence-corrected chi connectivity index (χ4v) is 4.62. The van der Waals surface area contributed by atoms with Crippen LogP contribution in [0.1, 0.15) is 44.8 Å². The topological polar surface area (TPSA) is 110 Å². The Bertz CT molecular complexity index is 1440. The van der Waals surface area contributed by atoms with Crippen molar-refractivity contribution >= 4 is 29.1 Å². The molecule has 0 N–H and O–H groups in total. The summed E-state index contributed by atoms with van der Waals surface area (Å²) in [7, 11) is 0. The molecule has 0 bridgehead atoms. The molecule has 2 aliphatic rings. The molecule has 0 spiro atoms. The molecule has 2 atom stereocenters. The summed E-state index contributed by atoms with van der Waals surface area (Å²) in [4.78, 5) is 52.6. The van der Waals surface area contributed by atoms with Crippen molar-refractivity contribution < 1.29 is 28.4 Å². The Labute approximate surface area is 204 Å². The zero-order valence-corrected chi connectivity index (χ0v) is 19.3. The predicted octanol–water partition coefficient (Wildman–Crippen LogP) is 4.19. The summed E-state index contributed by atoms with van der Waals surface area (Å²) >= 11 is 0. The van der Waals surface area contributed by atoms with Gasteiger partial charge < -0.3 is 9.64 Å². The number of hydrogen-bond donors (Lipinski definition) is 0. The summed E-state index contributed by atoms with van der Waals surface area (Å²) in [5, 5.41) is 11.2. The lowest BCUT2D eigenvalue weighted by Gasteiger charge is -2.49. The molecule has 9 nitrogen and oxygen atoms in total. The maximum atomic E-state index is 14.4. The molecule has 182 valence electrons. The van der Waals surface area contributed by atoms with Gasteiger partial charge in [0.2, 0.25) is 0 Å². The molecule has 0 aliphatic carbocycles. The molecule has 0 aromatic heterocycles. The number of ether oxygens (including phenoxy) is 1. The number of carbonyl (C=O) groups excluding carboxylic acids is 3. The van der Waals surface area contributed by atoms with Gasteiger partial charge in [-0.3, -0.25) is 29.4 Å². The number of imide groups is 1. The molecule has 2 aliphatic heterocycles. The lowest BCUT2D eigenvalue weighted by molar-refractivity contribution is -0.384. The van der Waals surface area contributed by atoms with Crippen LogP contribution in [0.25, 0.3) is 0 Å². The van der Waals surface area contributed by atoms with Crippen LogP contribution in [0.5, 0.6) is 5.75 Å².